The Morgan fingerprint density at radius 1 is 1.32 bits per heavy atom. The summed E-state index contributed by atoms with van der Waals surface area (Å²) in [4.78, 5) is 11.4. The minimum Gasteiger partial charge on any atom is -0.465 e. The summed E-state index contributed by atoms with van der Waals surface area (Å²) in [5, 5.41) is 8.92. The molecule has 0 radical (unpaired) electrons. The standard InChI is InChI=1S/C16H12N2O3S/c1-20-16(19)11-4-2-10(3-5-11)14-7-6-13(21-14)8-12(9-17)15(18)22/h2-8H,1H3,(H2,18,22)/b12-8+. The topological polar surface area (TPSA) is 89.2 Å². The summed E-state index contributed by atoms with van der Waals surface area (Å²) >= 11 is 4.77. The van der Waals surface area contributed by atoms with Gasteiger partial charge in [0.2, 0.25) is 0 Å². The van der Waals surface area contributed by atoms with Gasteiger partial charge in [0.1, 0.15) is 22.6 Å². The third kappa shape index (κ3) is 3.40. The number of nitriles is 1. The Morgan fingerprint density at radius 3 is 2.55 bits per heavy atom. The molecular formula is C16H12N2O3S. The van der Waals surface area contributed by atoms with Gasteiger partial charge >= 0.3 is 5.97 Å². The predicted molar refractivity (Wildman–Crippen MR) is 85.9 cm³/mol. The average Bonchev–Trinajstić information content (AvgIpc) is 3.00. The second kappa shape index (κ2) is 6.70. The SMILES string of the molecule is COC(=O)c1ccc(-c2ccc(/C=C(\C#N)C(N)=S)o2)cc1. The summed E-state index contributed by atoms with van der Waals surface area (Å²) in [5.74, 6) is 0.670. The number of rotatable bonds is 4. The molecule has 0 aliphatic carbocycles. The largest absolute Gasteiger partial charge is 0.465 e. The highest BCUT2D eigenvalue weighted by molar-refractivity contribution is 7.80. The van der Waals surface area contributed by atoms with Crippen LogP contribution in [0.5, 0.6) is 0 Å². The van der Waals surface area contributed by atoms with E-state index in [1.807, 2.05) is 6.07 Å². The van der Waals surface area contributed by atoms with Crippen molar-refractivity contribution in [3.63, 3.8) is 0 Å². The second-order valence-electron chi connectivity index (χ2n) is 4.31. The van der Waals surface area contributed by atoms with Crippen LogP contribution in [0.1, 0.15) is 16.1 Å². The fourth-order valence-corrected chi connectivity index (χ4v) is 1.88. The van der Waals surface area contributed by atoms with E-state index in [0.717, 1.165) is 5.56 Å². The first-order valence-corrected chi connectivity index (χ1v) is 6.66. The normalized spacial score (nSPS) is 10.8. The van der Waals surface area contributed by atoms with Crippen LogP contribution in [0, 0.1) is 11.3 Å². The van der Waals surface area contributed by atoms with Gasteiger partial charge in [0, 0.05) is 11.6 Å². The molecule has 2 rings (SSSR count). The Morgan fingerprint density at radius 2 is 2.00 bits per heavy atom. The molecule has 0 amide bonds. The number of hydrogen-bond acceptors (Lipinski definition) is 5. The number of benzene rings is 1. The van der Waals surface area contributed by atoms with Gasteiger partial charge in [0.05, 0.1) is 18.2 Å². The molecule has 2 N–H and O–H groups in total. The van der Waals surface area contributed by atoms with Crippen molar-refractivity contribution in [2.24, 2.45) is 5.73 Å². The number of hydrogen-bond donors (Lipinski definition) is 1. The van der Waals surface area contributed by atoms with Crippen molar-refractivity contribution in [3.05, 3.63) is 53.3 Å². The van der Waals surface area contributed by atoms with E-state index >= 15 is 0 Å². The first kappa shape index (κ1) is 15.5. The lowest BCUT2D eigenvalue weighted by molar-refractivity contribution is 0.0601. The highest BCUT2D eigenvalue weighted by Gasteiger charge is 2.08. The lowest BCUT2D eigenvalue weighted by Crippen LogP contribution is -2.09. The minimum atomic E-state index is -0.398. The summed E-state index contributed by atoms with van der Waals surface area (Å²) in [6.07, 6.45) is 1.48. The van der Waals surface area contributed by atoms with Gasteiger partial charge in [0.25, 0.3) is 0 Å². The van der Waals surface area contributed by atoms with Gasteiger partial charge in [-0.05, 0) is 24.3 Å². The third-order valence-corrected chi connectivity index (χ3v) is 3.11. The molecule has 0 bridgehead atoms. The molecule has 0 fully saturated rings. The van der Waals surface area contributed by atoms with E-state index in [-0.39, 0.29) is 10.6 Å². The Hall–Kier alpha value is -2.91. The summed E-state index contributed by atoms with van der Waals surface area (Å²) < 4.78 is 10.3. The Balaban J connectivity index is 2.27. The summed E-state index contributed by atoms with van der Waals surface area (Å²) in [7, 11) is 1.33. The van der Waals surface area contributed by atoms with Crippen LogP contribution in [0.4, 0.5) is 0 Å². The van der Waals surface area contributed by atoms with Crippen molar-refractivity contribution in [2.75, 3.05) is 7.11 Å². The van der Waals surface area contributed by atoms with Crippen molar-refractivity contribution >= 4 is 29.3 Å². The van der Waals surface area contributed by atoms with Crippen LogP contribution in [-0.4, -0.2) is 18.1 Å². The van der Waals surface area contributed by atoms with Crippen LogP contribution < -0.4 is 5.73 Å². The molecule has 1 heterocycles. The third-order valence-electron chi connectivity index (χ3n) is 2.89. The van der Waals surface area contributed by atoms with Crippen LogP contribution in [0.3, 0.4) is 0 Å². The highest BCUT2D eigenvalue weighted by atomic mass is 32.1. The zero-order valence-electron chi connectivity index (χ0n) is 11.7. The molecule has 22 heavy (non-hydrogen) atoms. The maximum atomic E-state index is 11.4. The predicted octanol–water partition coefficient (Wildman–Crippen LogP) is 2.93. The van der Waals surface area contributed by atoms with Gasteiger partial charge in [-0.3, -0.25) is 0 Å². The van der Waals surface area contributed by atoms with Crippen LogP contribution >= 0.6 is 12.2 Å². The van der Waals surface area contributed by atoms with Crippen LogP contribution in [0.2, 0.25) is 0 Å². The monoisotopic (exact) mass is 312 g/mol. The molecule has 6 heteroatoms. The van der Waals surface area contributed by atoms with Crippen molar-refractivity contribution < 1.29 is 13.9 Å². The maximum Gasteiger partial charge on any atom is 0.337 e. The number of thiocarbonyl (C=S) groups is 1. The molecule has 0 saturated heterocycles. The van der Waals surface area contributed by atoms with E-state index in [9.17, 15) is 4.79 Å². The lowest BCUT2D eigenvalue weighted by atomic mass is 10.1. The van der Waals surface area contributed by atoms with Gasteiger partial charge in [-0.1, -0.05) is 24.4 Å². The molecule has 0 spiro atoms. The van der Waals surface area contributed by atoms with Crippen LogP contribution in [0.15, 0.2) is 46.4 Å². The van der Waals surface area contributed by atoms with Gasteiger partial charge in [-0.15, -0.1) is 0 Å². The van der Waals surface area contributed by atoms with Gasteiger partial charge < -0.3 is 14.9 Å². The number of nitrogens with zero attached hydrogens (tertiary/aromatic N) is 1. The zero-order chi connectivity index (χ0) is 16.1. The van der Waals surface area contributed by atoms with E-state index < -0.39 is 5.97 Å². The lowest BCUT2D eigenvalue weighted by Gasteiger charge is -2.00. The molecule has 1 aromatic carbocycles. The summed E-state index contributed by atoms with van der Waals surface area (Å²) in [6.45, 7) is 0. The van der Waals surface area contributed by atoms with E-state index in [1.165, 1.54) is 13.2 Å². The molecule has 0 atom stereocenters. The number of carbonyl (C=O) groups is 1. The average molecular weight is 312 g/mol. The summed E-state index contributed by atoms with van der Waals surface area (Å²) in [5.41, 5.74) is 6.85. The van der Waals surface area contributed by atoms with Crippen molar-refractivity contribution in [1.82, 2.24) is 0 Å². The Bertz CT molecular complexity index is 782. The first-order valence-electron chi connectivity index (χ1n) is 6.25. The number of ether oxygens (including phenoxy) is 1. The molecule has 0 aliphatic heterocycles. The minimum absolute atomic E-state index is 0.0166. The fraction of sp³-hybridized carbons (Fsp3) is 0.0625. The van der Waals surface area contributed by atoms with Gasteiger partial charge in [-0.25, -0.2) is 4.79 Å². The Kier molecular flexibility index (Phi) is 4.71. The second-order valence-corrected chi connectivity index (χ2v) is 4.74. The maximum absolute atomic E-state index is 11.4. The number of furan rings is 1. The highest BCUT2D eigenvalue weighted by Crippen LogP contribution is 2.24. The van der Waals surface area contributed by atoms with Crippen LogP contribution in [0.25, 0.3) is 17.4 Å². The molecular weight excluding hydrogens is 300 g/mol. The Labute approximate surface area is 132 Å². The molecule has 0 aliphatic rings. The smallest absolute Gasteiger partial charge is 0.337 e. The number of methoxy groups -OCH3 is 1. The first-order chi connectivity index (χ1) is 10.5. The fourth-order valence-electron chi connectivity index (χ4n) is 1.77. The van der Waals surface area contributed by atoms with E-state index in [1.54, 1.807) is 36.4 Å². The summed E-state index contributed by atoms with van der Waals surface area (Å²) in [6, 6.07) is 12.2. The zero-order valence-corrected chi connectivity index (χ0v) is 12.5. The van der Waals surface area contributed by atoms with Gasteiger partial charge in [0.15, 0.2) is 0 Å². The van der Waals surface area contributed by atoms with E-state index in [4.69, 9.17) is 27.6 Å². The van der Waals surface area contributed by atoms with E-state index in [2.05, 4.69) is 4.74 Å². The number of carbonyl (C=O) groups excluding carboxylic acids is 1. The molecule has 1 aromatic heterocycles. The van der Waals surface area contributed by atoms with Crippen molar-refractivity contribution in [1.29, 1.82) is 5.26 Å². The number of esters is 1. The van der Waals surface area contributed by atoms with Crippen molar-refractivity contribution in [2.45, 2.75) is 0 Å². The molecule has 0 unspecified atom stereocenters. The van der Waals surface area contributed by atoms with Crippen molar-refractivity contribution in [3.8, 4) is 17.4 Å². The number of nitrogens with two attached hydrogens (primary N) is 1. The van der Waals surface area contributed by atoms with E-state index in [0.29, 0.717) is 17.1 Å². The van der Waals surface area contributed by atoms with Crippen LogP contribution in [-0.2, 0) is 4.74 Å². The molecule has 5 nitrogen and oxygen atoms in total. The molecule has 2 aromatic rings. The molecule has 0 saturated carbocycles. The quantitative estimate of drug-likeness (QED) is 0.404. The molecule has 110 valence electrons. The van der Waals surface area contributed by atoms with Gasteiger partial charge in [-0.2, -0.15) is 5.26 Å².